The van der Waals surface area contributed by atoms with Crippen molar-refractivity contribution in [1.29, 1.82) is 0 Å². The largest absolute Gasteiger partial charge is 0.432 e. The molecule has 0 bridgehead atoms. The minimum absolute atomic E-state index is 0.00817. The molecule has 1 aromatic rings. The molecule has 178 valence electrons. The van der Waals surface area contributed by atoms with E-state index in [0.717, 1.165) is 63.1 Å². The van der Waals surface area contributed by atoms with E-state index in [0.29, 0.717) is 13.0 Å². The second-order valence-corrected chi connectivity index (χ2v) is 9.75. The highest BCUT2D eigenvalue weighted by atomic mass is 32.2. The van der Waals surface area contributed by atoms with Crippen LogP contribution in [0.5, 0.6) is 0 Å². The van der Waals surface area contributed by atoms with Gasteiger partial charge >= 0.3 is 6.18 Å². The van der Waals surface area contributed by atoms with Crippen LogP contribution in [0.2, 0.25) is 0 Å². The second-order valence-electron chi connectivity index (χ2n) is 8.52. The van der Waals surface area contributed by atoms with Gasteiger partial charge in [-0.25, -0.2) is 0 Å². The van der Waals surface area contributed by atoms with E-state index in [-0.39, 0.29) is 12.2 Å². The normalized spacial score (nSPS) is 21.3. The minimum atomic E-state index is -4.42. The number of nitrogens with zero attached hydrogens (tertiary/aromatic N) is 3. The SMILES string of the molecule is CC/C=C\C(=N/CNCC1(N2CCN(Cc3ccccc3)CC2)CCSCC1)C(F)(F)F. The Kier molecular flexibility index (Phi) is 9.64. The van der Waals surface area contributed by atoms with Crippen molar-refractivity contribution in [2.24, 2.45) is 4.99 Å². The molecule has 0 atom stereocenters. The van der Waals surface area contributed by atoms with Crippen LogP contribution in [0.1, 0.15) is 31.7 Å². The molecular formula is C24H35F3N4S. The van der Waals surface area contributed by atoms with Crippen molar-refractivity contribution in [3.63, 3.8) is 0 Å². The predicted octanol–water partition coefficient (Wildman–Crippen LogP) is 4.59. The van der Waals surface area contributed by atoms with Crippen LogP contribution in [0, 0.1) is 0 Å². The molecule has 8 heteroatoms. The summed E-state index contributed by atoms with van der Waals surface area (Å²) < 4.78 is 39.5. The number of alkyl halides is 3. The van der Waals surface area contributed by atoms with Gasteiger partial charge in [0, 0.05) is 44.8 Å². The summed E-state index contributed by atoms with van der Waals surface area (Å²) >= 11 is 1.97. The van der Waals surface area contributed by atoms with Crippen molar-refractivity contribution in [3.05, 3.63) is 48.0 Å². The molecule has 4 nitrogen and oxygen atoms in total. The van der Waals surface area contributed by atoms with Gasteiger partial charge in [-0.2, -0.15) is 24.9 Å². The fourth-order valence-corrected chi connectivity index (χ4v) is 5.73. The molecule has 0 unspecified atom stereocenters. The van der Waals surface area contributed by atoms with Crippen molar-refractivity contribution < 1.29 is 13.2 Å². The highest BCUT2D eigenvalue weighted by Crippen LogP contribution is 2.33. The summed E-state index contributed by atoms with van der Waals surface area (Å²) in [6.07, 6.45) is 0.854. The van der Waals surface area contributed by atoms with E-state index in [1.807, 2.05) is 24.8 Å². The van der Waals surface area contributed by atoms with E-state index in [2.05, 4.69) is 44.4 Å². The molecule has 32 heavy (non-hydrogen) atoms. The molecule has 2 heterocycles. The van der Waals surface area contributed by atoms with Crippen LogP contribution in [0.3, 0.4) is 0 Å². The smallest absolute Gasteiger partial charge is 0.297 e. The molecule has 2 fully saturated rings. The number of hydrogen-bond acceptors (Lipinski definition) is 5. The number of allylic oxidation sites excluding steroid dienone is 2. The Balaban J connectivity index is 1.56. The fourth-order valence-electron chi connectivity index (χ4n) is 4.47. The van der Waals surface area contributed by atoms with Gasteiger partial charge in [0.25, 0.3) is 0 Å². The summed E-state index contributed by atoms with van der Waals surface area (Å²) in [6.45, 7) is 7.47. The molecule has 2 aliphatic rings. The van der Waals surface area contributed by atoms with Crippen molar-refractivity contribution >= 4 is 17.5 Å². The van der Waals surface area contributed by atoms with Crippen LogP contribution >= 0.6 is 11.8 Å². The summed E-state index contributed by atoms with van der Waals surface area (Å²) in [4.78, 5) is 8.88. The van der Waals surface area contributed by atoms with Gasteiger partial charge in [0.1, 0.15) is 5.71 Å². The van der Waals surface area contributed by atoms with Gasteiger partial charge in [0.2, 0.25) is 0 Å². The standard InChI is InChI=1S/C24H35F3N4S/c1-2-3-9-22(24(25,26)27)29-20-28-19-23(10-16-32-17-11-23)31-14-12-30(13-15-31)18-21-7-5-4-6-8-21/h3-9,28H,2,10-20H2,1H3/b9-3-,29-22+. The van der Waals surface area contributed by atoms with E-state index in [9.17, 15) is 13.2 Å². The molecule has 0 aromatic heterocycles. The van der Waals surface area contributed by atoms with Crippen molar-refractivity contribution in [2.45, 2.75) is 44.4 Å². The van der Waals surface area contributed by atoms with Gasteiger partial charge in [0.15, 0.2) is 0 Å². The van der Waals surface area contributed by atoms with E-state index >= 15 is 0 Å². The topological polar surface area (TPSA) is 30.9 Å². The number of nitrogens with one attached hydrogen (secondary N) is 1. The predicted molar refractivity (Wildman–Crippen MR) is 128 cm³/mol. The zero-order chi connectivity index (χ0) is 22.9. The van der Waals surface area contributed by atoms with E-state index < -0.39 is 11.9 Å². The van der Waals surface area contributed by atoms with Gasteiger partial charge in [-0.15, -0.1) is 0 Å². The fraction of sp³-hybridized carbons (Fsp3) is 0.625. The van der Waals surface area contributed by atoms with Crippen molar-refractivity contribution in [1.82, 2.24) is 15.1 Å². The molecule has 0 radical (unpaired) electrons. The zero-order valence-electron chi connectivity index (χ0n) is 18.9. The first kappa shape index (κ1) is 25.3. The van der Waals surface area contributed by atoms with Gasteiger partial charge in [-0.05, 0) is 42.4 Å². The maximum absolute atomic E-state index is 13.2. The van der Waals surface area contributed by atoms with E-state index in [4.69, 9.17) is 0 Å². The van der Waals surface area contributed by atoms with Crippen LogP contribution in [-0.2, 0) is 6.54 Å². The van der Waals surface area contributed by atoms with Crippen LogP contribution < -0.4 is 5.32 Å². The minimum Gasteiger partial charge on any atom is -0.297 e. The first-order valence-corrected chi connectivity index (χ1v) is 12.7. The molecular weight excluding hydrogens is 433 g/mol. The first-order valence-electron chi connectivity index (χ1n) is 11.5. The maximum atomic E-state index is 13.2. The molecule has 0 saturated carbocycles. The monoisotopic (exact) mass is 468 g/mol. The number of thioether (sulfide) groups is 1. The zero-order valence-corrected chi connectivity index (χ0v) is 19.7. The van der Waals surface area contributed by atoms with E-state index in [1.165, 1.54) is 11.6 Å². The average molecular weight is 469 g/mol. The summed E-state index contributed by atoms with van der Waals surface area (Å²) in [5.41, 5.74) is 0.536. The molecule has 0 aliphatic carbocycles. The van der Waals surface area contributed by atoms with Gasteiger partial charge in [-0.3, -0.25) is 20.1 Å². The van der Waals surface area contributed by atoms with Gasteiger partial charge < -0.3 is 0 Å². The second kappa shape index (κ2) is 12.2. The molecule has 1 N–H and O–H groups in total. The van der Waals surface area contributed by atoms with Crippen LogP contribution in [0.15, 0.2) is 47.5 Å². The van der Waals surface area contributed by atoms with Crippen LogP contribution in [-0.4, -0.2) is 78.1 Å². The molecule has 2 saturated heterocycles. The molecule has 2 aliphatic heterocycles. The number of halogens is 3. The quantitative estimate of drug-likeness (QED) is 0.424. The molecule has 0 spiro atoms. The maximum Gasteiger partial charge on any atom is 0.432 e. The van der Waals surface area contributed by atoms with Gasteiger partial charge in [0.05, 0.1) is 6.67 Å². The summed E-state index contributed by atoms with van der Waals surface area (Å²) in [5.74, 6) is 2.20. The lowest BCUT2D eigenvalue weighted by Gasteiger charge is -2.50. The third kappa shape index (κ3) is 7.33. The lowest BCUT2D eigenvalue weighted by Crippen LogP contribution is -2.62. The number of rotatable bonds is 9. The lowest BCUT2D eigenvalue weighted by atomic mass is 9.89. The van der Waals surface area contributed by atoms with Crippen molar-refractivity contribution in [2.75, 3.05) is 50.9 Å². The first-order chi connectivity index (χ1) is 15.4. The Hall–Kier alpha value is -1.35. The number of hydrogen-bond donors (Lipinski definition) is 1. The van der Waals surface area contributed by atoms with E-state index in [1.54, 1.807) is 0 Å². The van der Waals surface area contributed by atoms with Crippen molar-refractivity contribution in [3.8, 4) is 0 Å². The average Bonchev–Trinajstić information content (AvgIpc) is 2.79. The highest BCUT2D eigenvalue weighted by Gasteiger charge is 2.39. The number of aliphatic imine (C=N–C) groups is 1. The molecule has 1 aromatic carbocycles. The summed E-state index contributed by atoms with van der Waals surface area (Å²) in [5, 5.41) is 3.24. The van der Waals surface area contributed by atoms with Crippen LogP contribution in [0.4, 0.5) is 13.2 Å². The molecule has 3 rings (SSSR count). The Morgan fingerprint density at radius 3 is 2.44 bits per heavy atom. The summed E-state index contributed by atoms with van der Waals surface area (Å²) in [7, 11) is 0. The Bertz CT molecular complexity index is 737. The Morgan fingerprint density at radius 2 is 1.81 bits per heavy atom. The number of benzene rings is 1. The Morgan fingerprint density at radius 1 is 1.12 bits per heavy atom. The Labute approximate surface area is 194 Å². The lowest BCUT2D eigenvalue weighted by molar-refractivity contribution is -0.0579. The number of piperazine rings is 1. The molecule has 0 amide bonds. The third-order valence-electron chi connectivity index (χ3n) is 6.33. The highest BCUT2D eigenvalue weighted by molar-refractivity contribution is 7.99. The van der Waals surface area contributed by atoms with Crippen LogP contribution in [0.25, 0.3) is 0 Å². The van der Waals surface area contributed by atoms with Gasteiger partial charge in [-0.1, -0.05) is 43.3 Å². The summed E-state index contributed by atoms with van der Waals surface area (Å²) in [6, 6.07) is 10.5. The third-order valence-corrected chi connectivity index (χ3v) is 7.32.